The molecule has 0 N–H and O–H groups in total. The van der Waals surface area contributed by atoms with Crippen molar-refractivity contribution in [2.24, 2.45) is 0 Å². The monoisotopic (exact) mass is 448 g/mol. The number of likely N-dealkylation sites (N-methyl/N-ethyl adjacent to an activating group) is 1. The Bertz CT molecular complexity index is 871. The van der Waals surface area contributed by atoms with E-state index in [1.807, 2.05) is 24.3 Å². The summed E-state index contributed by atoms with van der Waals surface area (Å²) in [4.78, 5) is 16.8. The normalized spacial score (nSPS) is 15.5. The number of amides is 1. The first-order valence-electron chi connectivity index (χ1n) is 9.64. The highest BCUT2D eigenvalue weighted by Gasteiger charge is 2.22. The zero-order valence-corrected chi connectivity index (χ0v) is 19.5. The van der Waals surface area contributed by atoms with Crippen LogP contribution in [0.15, 0.2) is 53.4 Å². The van der Waals surface area contributed by atoms with Crippen LogP contribution in [0, 0.1) is 0 Å². The number of hydrogen-bond donors (Lipinski definition) is 0. The quantitative estimate of drug-likeness (QED) is 0.556. The molecule has 0 fully saturated rings. The molecule has 1 unspecified atom stereocenters. The maximum atomic E-state index is 11.8. The van der Waals surface area contributed by atoms with E-state index in [1.165, 1.54) is 15.4 Å². The lowest BCUT2D eigenvalue weighted by atomic mass is 9.97. The number of benzene rings is 2. The molecule has 1 aliphatic rings. The first-order valence-corrected chi connectivity index (χ1v) is 10.9. The molecular weight excluding hydrogens is 420 g/mol. The molecule has 7 heteroatoms. The zero-order valence-electron chi connectivity index (χ0n) is 17.8. The van der Waals surface area contributed by atoms with Crippen LogP contribution in [0.1, 0.15) is 23.6 Å². The molecule has 162 valence electrons. The SMILES string of the molecule is CSc1ccc(OCCC2c3ccc(OC(=O)N(C)C)cc3C=CCN2C)cc1.Cl. The number of carbonyl (C=O) groups is 1. The van der Waals surface area contributed by atoms with E-state index in [4.69, 9.17) is 9.47 Å². The lowest BCUT2D eigenvalue weighted by Crippen LogP contribution is -2.26. The maximum Gasteiger partial charge on any atom is 0.414 e. The third kappa shape index (κ3) is 6.17. The van der Waals surface area contributed by atoms with Crippen LogP contribution in [0.5, 0.6) is 11.5 Å². The van der Waals surface area contributed by atoms with Gasteiger partial charge in [-0.25, -0.2) is 4.79 Å². The molecule has 0 aliphatic carbocycles. The summed E-state index contributed by atoms with van der Waals surface area (Å²) >= 11 is 1.72. The van der Waals surface area contributed by atoms with Gasteiger partial charge in [0.25, 0.3) is 0 Å². The van der Waals surface area contributed by atoms with Gasteiger partial charge < -0.3 is 14.4 Å². The first-order chi connectivity index (χ1) is 14.0. The van der Waals surface area contributed by atoms with Crippen LogP contribution < -0.4 is 9.47 Å². The Morgan fingerprint density at radius 3 is 2.53 bits per heavy atom. The van der Waals surface area contributed by atoms with Gasteiger partial charge in [0.2, 0.25) is 0 Å². The number of halogens is 1. The molecule has 5 nitrogen and oxygen atoms in total. The topological polar surface area (TPSA) is 42.0 Å². The molecule has 0 bridgehead atoms. The predicted molar refractivity (Wildman–Crippen MR) is 126 cm³/mol. The molecule has 1 atom stereocenters. The van der Waals surface area contributed by atoms with Crippen LogP contribution in [0.3, 0.4) is 0 Å². The third-order valence-corrected chi connectivity index (χ3v) is 5.67. The molecule has 1 heterocycles. The Hall–Kier alpha value is -2.15. The summed E-state index contributed by atoms with van der Waals surface area (Å²) in [6.45, 7) is 1.49. The fourth-order valence-electron chi connectivity index (χ4n) is 3.30. The van der Waals surface area contributed by atoms with Crippen LogP contribution in [0.25, 0.3) is 6.08 Å². The van der Waals surface area contributed by atoms with E-state index < -0.39 is 0 Å². The fraction of sp³-hybridized carbons (Fsp3) is 0.348. The number of carbonyl (C=O) groups excluding carboxylic acids is 1. The fourth-order valence-corrected chi connectivity index (χ4v) is 3.71. The first kappa shape index (κ1) is 24.1. The average Bonchev–Trinajstić information content (AvgIpc) is 2.87. The number of rotatable bonds is 6. The lowest BCUT2D eigenvalue weighted by Gasteiger charge is -2.27. The van der Waals surface area contributed by atoms with Crippen molar-refractivity contribution < 1.29 is 14.3 Å². The van der Waals surface area contributed by atoms with E-state index in [2.05, 4.69) is 48.6 Å². The van der Waals surface area contributed by atoms with E-state index in [9.17, 15) is 4.79 Å². The largest absolute Gasteiger partial charge is 0.494 e. The summed E-state index contributed by atoms with van der Waals surface area (Å²) < 4.78 is 11.4. The molecule has 3 rings (SSSR count). The molecule has 0 radical (unpaired) electrons. The van der Waals surface area contributed by atoms with Gasteiger partial charge in [0.05, 0.1) is 6.61 Å². The van der Waals surface area contributed by atoms with Gasteiger partial charge in [-0.1, -0.05) is 18.2 Å². The summed E-state index contributed by atoms with van der Waals surface area (Å²) in [6.07, 6.45) is 6.79. The second kappa shape index (κ2) is 11.3. The smallest absolute Gasteiger partial charge is 0.414 e. The van der Waals surface area contributed by atoms with Gasteiger partial charge in [-0.2, -0.15) is 0 Å². The lowest BCUT2D eigenvalue weighted by molar-refractivity contribution is 0.172. The van der Waals surface area contributed by atoms with E-state index in [0.29, 0.717) is 12.4 Å². The number of fused-ring (bicyclic) bond motifs is 1. The van der Waals surface area contributed by atoms with Crippen molar-refractivity contribution in [2.75, 3.05) is 40.6 Å². The van der Waals surface area contributed by atoms with Crippen molar-refractivity contribution in [1.82, 2.24) is 9.80 Å². The van der Waals surface area contributed by atoms with Gasteiger partial charge in [-0.3, -0.25) is 4.90 Å². The van der Waals surface area contributed by atoms with Crippen LogP contribution in [0.4, 0.5) is 4.79 Å². The zero-order chi connectivity index (χ0) is 20.8. The highest BCUT2D eigenvalue weighted by Crippen LogP contribution is 2.32. The molecule has 2 aromatic carbocycles. The Kier molecular flexibility index (Phi) is 9.08. The van der Waals surface area contributed by atoms with Gasteiger partial charge in [0.15, 0.2) is 0 Å². The highest BCUT2D eigenvalue weighted by molar-refractivity contribution is 7.98. The molecule has 30 heavy (non-hydrogen) atoms. The van der Waals surface area contributed by atoms with Crippen molar-refractivity contribution >= 4 is 36.3 Å². The second-order valence-corrected chi connectivity index (χ2v) is 8.10. The van der Waals surface area contributed by atoms with E-state index in [-0.39, 0.29) is 24.5 Å². The maximum absolute atomic E-state index is 11.8. The minimum absolute atomic E-state index is 0. The molecule has 2 aromatic rings. The van der Waals surface area contributed by atoms with Crippen LogP contribution in [0.2, 0.25) is 0 Å². The molecular formula is C23H29ClN2O3S. The van der Waals surface area contributed by atoms with Crippen LogP contribution in [-0.4, -0.2) is 56.4 Å². The standard InChI is InChI=1S/C23H28N2O3S.ClH/c1-24(2)23(26)28-19-9-12-21-17(16-19)6-5-14-25(3)22(21)13-15-27-18-7-10-20(29-4)11-8-18;/h5-12,16,22H,13-15H2,1-4H3;1H. The molecule has 1 amide bonds. The highest BCUT2D eigenvalue weighted by atomic mass is 35.5. The summed E-state index contributed by atoms with van der Waals surface area (Å²) in [6, 6.07) is 14.3. The van der Waals surface area contributed by atoms with Gasteiger partial charge in [-0.05, 0) is 60.8 Å². The van der Waals surface area contributed by atoms with E-state index in [1.54, 1.807) is 25.9 Å². The van der Waals surface area contributed by atoms with Gasteiger partial charge >= 0.3 is 6.09 Å². The van der Waals surface area contributed by atoms with Crippen molar-refractivity contribution in [3.05, 3.63) is 59.7 Å². The van der Waals surface area contributed by atoms with Crippen molar-refractivity contribution in [3.8, 4) is 11.5 Å². The van der Waals surface area contributed by atoms with Gasteiger partial charge in [-0.15, -0.1) is 24.2 Å². The third-order valence-electron chi connectivity index (χ3n) is 4.93. The molecule has 0 aromatic heterocycles. The predicted octanol–water partition coefficient (Wildman–Crippen LogP) is 5.36. The Balaban J connectivity index is 0.00000320. The van der Waals surface area contributed by atoms with Crippen molar-refractivity contribution in [2.45, 2.75) is 17.4 Å². The molecule has 0 saturated carbocycles. The van der Waals surface area contributed by atoms with Gasteiger partial charge in [0.1, 0.15) is 11.5 Å². The van der Waals surface area contributed by atoms with Crippen molar-refractivity contribution in [3.63, 3.8) is 0 Å². The Morgan fingerprint density at radius 2 is 1.87 bits per heavy atom. The second-order valence-electron chi connectivity index (χ2n) is 7.22. The summed E-state index contributed by atoms with van der Waals surface area (Å²) in [5, 5.41) is 0. The molecule has 0 spiro atoms. The number of nitrogens with zero attached hydrogens (tertiary/aromatic N) is 2. The molecule has 1 aliphatic heterocycles. The van der Waals surface area contributed by atoms with E-state index in [0.717, 1.165) is 24.3 Å². The Labute approximate surface area is 189 Å². The van der Waals surface area contributed by atoms with Crippen molar-refractivity contribution in [1.29, 1.82) is 0 Å². The van der Waals surface area contributed by atoms with E-state index >= 15 is 0 Å². The number of ether oxygens (including phenoxy) is 2. The van der Waals surface area contributed by atoms with Gasteiger partial charge in [0, 0.05) is 38.0 Å². The minimum atomic E-state index is -0.378. The Morgan fingerprint density at radius 1 is 1.17 bits per heavy atom. The number of hydrogen-bond acceptors (Lipinski definition) is 5. The van der Waals surface area contributed by atoms with Crippen LogP contribution >= 0.6 is 24.2 Å². The van der Waals surface area contributed by atoms with Crippen LogP contribution in [-0.2, 0) is 0 Å². The summed E-state index contributed by atoms with van der Waals surface area (Å²) in [5.74, 6) is 1.45. The average molecular weight is 449 g/mol. The minimum Gasteiger partial charge on any atom is -0.494 e. The molecule has 0 saturated heterocycles. The summed E-state index contributed by atoms with van der Waals surface area (Å²) in [5.41, 5.74) is 2.29. The number of thioether (sulfide) groups is 1. The summed E-state index contributed by atoms with van der Waals surface area (Å²) in [7, 11) is 5.47.